The summed E-state index contributed by atoms with van der Waals surface area (Å²) in [7, 11) is -3.30. The second-order valence-electron chi connectivity index (χ2n) is 7.27. The van der Waals surface area contributed by atoms with E-state index in [1.165, 1.54) is 0 Å². The van der Waals surface area contributed by atoms with Crippen molar-refractivity contribution in [3.05, 3.63) is 48.5 Å². The second-order valence-corrected chi connectivity index (χ2v) is 9.50. The van der Waals surface area contributed by atoms with Crippen LogP contribution in [0.4, 0.5) is 5.69 Å². The number of hydrogen-bond donors (Lipinski definition) is 1. The fourth-order valence-electron chi connectivity index (χ4n) is 3.74. The smallest absolute Gasteiger partial charge is 0.269 e. The van der Waals surface area contributed by atoms with E-state index in [2.05, 4.69) is 5.32 Å². The van der Waals surface area contributed by atoms with Gasteiger partial charge in [-0.2, -0.15) is 0 Å². The van der Waals surface area contributed by atoms with E-state index in [9.17, 15) is 13.2 Å². The van der Waals surface area contributed by atoms with Gasteiger partial charge in [-0.15, -0.1) is 0 Å². The summed E-state index contributed by atoms with van der Waals surface area (Å²) in [6.07, 6.45) is 2.12. The summed E-state index contributed by atoms with van der Waals surface area (Å²) in [5.41, 5.74) is 0.519. The highest BCUT2D eigenvalue weighted by molar-refractivity contribution is 7.92. The minimum absolute atomic E-state index is 0.290. The number of sulfone groups is 1. The maximum absolute atomic E-state index is 12.7. The molecule has 2 aromatic carbocycles. The van der Waals surface area contributed by atoms with Gasteiger partial charge in [-0.3, -0.25) is 4.79 Å². The highest BCUT2D eigenvalue weighted by Crippen LogP contribution is 2.34. The van der Waals surface area contributed by atoms with Crippen molar-refractivity contribution in [1.82, 2.24) is 0 Å². The van der Waals surface area contributed by atoms with Crippen LogP contribution in [-0.4, -0.2) is 31.8 Å². The second kappa shape index (κ2) is 7.47. The molecule has 0 spiro atoms. The Kier molecular flexibility index (Phi) is 5.02. The number of benzene rings is 2. The fraction of sp³-hybridized carbons (Fsp3) is 0.381. The van der Waals surface area contributed by atoms with Gasteiger partial charge in [0.15, 0.2) is 21.3 Å². The molecule has 1 fully saturated rings. The molecule has 1 heterocycles. The van der Waals surface area contributed by atoms with E-state index < -0.39 is 22.0 Å². The molecule has 0 unspecified atom stereocenters. The molecule has 2 aromatic rings. The van der Waals surface area contributed by atoms with E-state index in [0.717, 1.165) is 25.7 Å². The van der Waals surface area contributed by atoms with Crippen LogP contribution in [0.15, 0.2) is 53.4 Å². The van der Waals surface area contributed by atoms with Crippen molar-refractivity contribution in [3.8, 4) is 11.5 Å². The first-order valence-electron chi connectivity index (χ1n) is 9.52. The van der Waals surface area contributed by atoms with Gasteiger partial charge in [-0.05, 0) is 56.2 Å². The number of rotatable bonds is 4. The lowest BCUT2D eigenvalue weighted by atomic mass is 10.1. The van der Waals surface area contributed by atoms with Gasteiger partial charge in [0, 0.05) is 5.69 Å². The maximum Gasteiger partial charge on any atom is 0.269 e. The first-order valence-corrected chi connectivity index (χ1v) is 11.1. The molecule has 0 bridgehead atoms. The molecule has 1 saturated carbocycles. The number of fused-ring (bicyclic) bond motifs is 1. The van der Waals surface area contributed by atoms with Crippen LogP contribution in [0.2, 0.25) is 0 Å². The number of hydrogen-bond acceptors (Lipinski definition) is 5. The first kappa shape index (κ1) is 18.8. The Balaban J connectivity index is 1.45. The van der Waals surface area contributed by atoms with Gasteiger partial charge in [0.05, 0.1) is 10.1 Å². The molecule has 28 heavy (non-hydrogen) atoms. The lowest BCUT2D eigenvalue weighted by molar-refractivity contribution is -0.128. The minimum atomic E-state index is -3.30. The van der Waals surface area contributed by atoms with Crippen molar-refractivity contribution >= 4 is 21.4 Å². The maximum atomic E-state index is 12.7. The van der Waals surface area contributed by atoms with Crippen molar-refractivity contribution in [2.45, 2.75) is 55.0 Å². The van der Waals surface area contributed by atoms with Crippen LogP contribution in [0.1, 0.15) is 32.6 Å². The summed E-state index contributed by atoms with van der Waals surface area (Å²) in [4.78, 5) is 12.9. The quantitative estimate of drug-likeness (QED) is 0.847. The SMILES string of the molecule is C[C@H]1Oc2ccccc2O[C@H]1C(=O)Nc1ccc(S(=O)(=O)C2CCCC2)cc1. The number of para-hydroxylation sites is 2. The molecule has 1 N–H and O–H groups in total. The van der Waals surface area contributed by atoms with Gasteiger partial charge >= 0.3 is 0 Å². The van der Waals surface area contributed by atoms with E-state index in [1.54, 1.807) is 43.3 Å². The largest absolute Gasteiger partial charge is 0.482 e. The Bertz CT molecular complexity index is 965. The van der Waals surface area contributed by atoms with Gasteiger partial charge in [0.2, 0.25) is 6.10 Å². The molecule has 2 aliphatic rings. The van der Waals surface area contributed by atoms with E-state index in [4.69, 9.17) is 9.47 Å². The van der Waals surface area contributed by atoms with Crippen LogP contribution in [-0.2, 0) is 14.6 Å². The Morgan fingerprint density at radius 3 is 2.21 bits per heavy atom. The van der Waals surface area contributed by atoms with Gasteiger partial charge < -0.3 is 14.8 Å². The van der Waals surface area contributed by atoms with Crippen LogP contribution in [0.3, 0.4) is 0 Å². The lowest BCUT2D eigenvalue weighted by Gasteiger charge is -2.31. The lowest BCUT2D eigenvalue weighted by Crippen LogP contribution is -2.46. The van der Waals surface area contributed by atoms with Crippen molar-refractivity contribution in [2.75, 3.05) is 5.32 Å². The number of nitrogens with one attached hydrogen (secondary N) is 1. The summed E-state index contributed by atoms with van der Waals surface area (Å²) >= 11 is 0. The third-order valence-corrected chi connectivity index (χ3v) is 7.57. The molecule has 0 aromatic heterocycles. The van der Waals surface area contributed by atoms with Gasteiger partial charge in [-0.1, -0.05) is 25.0 Å². The minimum Gasteiger partial charge on any atom is -0.482 e. The van der Waals surface area contributed by atoms with E-state index in [-0.39, 0.29) is 11.2 Å². The van der Waals surface area contributed by atoms with Gasteiger partial charge in [0.1, 0.15) is 6.10 Å². The molecule has 4 rings (SSSR count). The van der Waals surface area contributed by atoms with Crippen LogP contribution in [0.5, 0.6) is 11.5 Å². The molecule has 1 aliphatic carbocycles. The number of carbonyl (C=O) groups excluding carboxylic acids is 1. The summed E-state index contributed by atoms with van der Waals surface area (Å²) in [6.45, 7) is 1.78. The summed E-state index contributed by atoms with van der Waals surface area (Å²) in [6, 6.07) is 13.5. The highest BCUT2D eigenvalue weighted by atomic mass is 32.2. The fourth-order valence-corrected chi connectivity index (χ4v) is 5.59. The molecule has 1 amide bonds. The molecular formula is C21H23NO5S. The zero-order chi connectivity index (χ0) is 19.7. The number of anilines is 1. The van der Waals surface area contributed by atoms with E-state index >= 15 is 0 Å². The average molecular weight is 401 g/mol. The van der Waals surface area contributed by atoms with Crippen LogP contribution in [0, 0.1) is 0 Å². The van der Waals surface area contributed by atoms with Gasteiger partial charge in [-0.25, -0.2) is 8.42 Å². The van der Waals surface area contributed by atoms with Crippen molar-refractivity contribution in [1.29, 1.82) is 0 Å². The van der Waals surface area contributed by atoms with Crippen molar-refractivity contribution < 1.29 is 22.7 Å². The highest BCUT2D eigenvalue weighted by Gasteiger charge is 2.34. The summed E-state index contributed by atoms with van der Waals surface area (Å²) in [5.74, 6) is 0.799. The standard InChI is InChI=1S/C21H23NO5S/c1-14-20(27-19-9-5-4-8-18(19)26-14)21(23)22-15-10-12-17(13-11-15)28(24,25)16-6-2-3-7-16/h4-5,8-14,16,20H,2-3,6-7H2,1H3,(H,22,23)/t14-,20-/m1/s1. The third kappa shape index (κ3) is 3.58. The monoisotopic (exact) mass is 401 g/mol. The number of amides is 1. The Hall–Kier alpha value is -2.54. The molecule has 0 radical (unpaired) electrons. The topological polar surface area (TPSA) is 81.7 Å². The van der Waals surface area contributed by atoms with Gasteiger partial charge in [0.25, 0.3) is 5.91 Å². The first-order chi connectivity index (χ1) is 13.4. The molecule has 0 saturated heterocycles. The molecule has 6 nitrogen and oxygen atoms in total. The zero-order valence-corrected chi connectivity index (χ0v) is 16.4. The number of carbonyl (C=O) groups is 1. The van der Waals surface area contributed by atoms with Crippen LogP contribution >= 0.6 is 0 Å². The zero-order valence-electron chi connectivity index (χ0n) is 15.6. The summed E-state index contributed by atoms with van der Waals surface area (Å²) < 4.78 is 36.9. The van der Waals surface area contributed by atoms with Crippen LogP contribution < -0.4 is 14.8 Å². The predicted octanol–water partition coefficient (Wildman–Crippen LogP) is 3.57. The Labute approximate surface area is 164 Å². The molecular weight excluding hydrogens is 378 g/mol. The molecule has 1 aliphatic heterocycles. The Morgan fingerprint density at radius 1 is 0.964 bits per heavy atom. The molecule has 2 atom stereocenters. The third-order valence-electron chi connectivity index (χ3n) is 5.29. The average Bonchev–Trinajstić information content (AvgIpc) is 3.23. The van der Waals surface area contributed by atoms with E-state index in [0.29, 0.717) is 22.1 Å². The summed E-state index contributed by atoms with van der Waals surface area (Å²) in [5, 5.41) is 2.49. The van der Waals surface area contributed by atoms with Crippen LogP contribution in [0.25, 0.3) is 0 Å². The Morgan fingerprint density at radius 2 is 1.57 bits per heavy atom. The van der Waals surface area contributed by atoms with Crippen molar-refractivity contribution in [2.24, 2.45) is 0 Å². The van der Waals surface area contributed by atoms with Crippen molar-refractivity contribution in [3.63, 3.8) is 0 Å². The van der Waals surface area contributed by atoms with E-state index in [1.807, 2.05) is 12.1 Å². The molecule has 7 heteroatoms. The molecule has 148 valence electrons. The predicted molar refractivity (Wildman–Crippen MR) is 105 cm³/mol. The number of ether oxygens (including phenoxy) is 2. The normalized spacial score (nSPS) is 22.0.